The predicted molar refractivity (Wildman–Crippen MR) is 124 cm³/mol. The van der Waals surface area contributed by atoms with E-state index in [0.29, 0.717) is 28.3 Å². The Labute approximate surface area is 185 Å². The number of anilines is 3. The average Bonchev–Trinajstić information content (AvgIpc) is 3.22. The standard InChI is InChI=1S/C24H22N6O2/c1-16-5-3-7-19(11-16)28-24(32)29-21-14-26-30(15-21)22-8-4-6-18(13-22)23(31)27-20-9-10-25-17(2)12-20/h3-15H,1-2H3,(H,25,27,31)(H2,28,29,32). The molecule has 3 N–H and O–H groups in total. The van der Waals surface area contributed by atoms with E-state index in [1.165, 1.54) is 0 Å². The van der Waals surface area contributed by atoms with Crippen LogP contribution in [0.3, 0.4) is 0 Å². The Morgan fingerprint density at radius 3 is 2.44 bits per heavy atom. The summed E-state index contributed by atoms with van der Waals surface area (Å²) in [6, 6.07) is 17.8. The van der Waals surface area contributed by atoms with Crippen LogP contribution in [-0.4, -0.2) is 26.7 Å². The molecular weight excluding hydrogens is 404 g/mol. The molecule has 0 fully saturated rings. The van der Waals surface area contributed by atoms with Crippen molar-refractivity contribution in [1.82, 2.24) is 14.8 Å². The summed E-state index contributed by atoms with van der Waals surface area (Å²) in [7, 11) is 0. The first-order valence-electron chi connectivity index (χ1n) is 10.00. The van der Waals surface area contributed by atoms with Crippen LogP contribution in [0.2, 0.25) is 0 Å². The van der Waals surface area contributed by atoms with Crippen molar-refractivity contribution in [2.24, 2.45) is 0 Å². The first-order chi connectivity index (χ1) is 15.5. The number of benzene rings is 2. The molecule has 0 spiro atoms. The number of nitrogens with zero attached hydrogens (tertiary/aromatic N) is 3. The highest BCUT2D eigenvalue weighted by atomic mass is 16.2. The number of hydrogen-bond donors (Lipinski definition) is 3. The lowest BCUT2D eigenvalue weighted by atomic mass is 10.2. The third-order valence-electron chi connectivity index (χ3n) is 4.64. The van der Waals surface area contributed by atoms with Crippen molar-refractivity contribution in [1.29, 1.82) is 0 Å². The number of carbonyl (C=O) groups excluding carboxylic acids is 2. The van der Waals surface area contributed by atoms with Crippen LogP contribution in [0.25, 0.3) is 5.69 Å². The summed E-state index contributed by atoms with van der Waals surface area (Å²) in [6.07, 6.45) is 4.87. The van der Waals surface area contributed by atoms with Gasteiger partial charge < -0.3 is 16.0 Å². The van der Waals surface area contributed by atoms with E-state index in [4.69, 9.17) is 0 Å². The number of carbonyl (C=O) groups is 2. The molecule has 4 aromatic rings. The molecule has 8 heteroatoms. The van der Waals surface area contributed by atoms with Gasteiger partial charge >= 0.3 is 6.03 Å². The third-order valence-corrected chi connectivity index (χ3v) is 4.64. The van der Waals surface area contributed by atoms with Crippen molar-refractivity contribution in [3.8, 4) is 5.69 Å². The predicted octanol–water partition coefficient (Wildman–Crippen LogP) is 4.78. The molecule has 160 valence electrons. The molecule has 8 nitrogen and oxygen atoms in total. The van der Waals surface area contributed by atoms with Gasteiger partial charge in [-0.15, -0.1) is 0 Å². The Morgan fingerprint density at radius 2 is 1.62 bits per heavy atom. The van der Waals surface area contributed by atoms with Gasteiger partial charge in [-0.1, -0.05) is 18.2 Å². The Morgan fingerprint density at radius 1 is 0.844 bits per heavy atom. The molecule has 0 unspecified atom stereocenters. The summed E-state index contributed by atoms with van der Waals surface area (Å²) in [5.74, 6) is -0.236. The summed E-state index contributed by atoms with van der Waals surface area (Å²) in [5, 5.41) is 12.7. The number of urea groups is 1. The topological polar surface area (TPSA) is 101 Å². The third kappa shape index (κ3) is 5.17. The van der Waals surface area contributed by atoms with Crippen molar-refractivity contribution in [3.05, 3.63) is 96.1 Å². The van der Waals surface area contributed by atoms with Crippen molar-refractivity contribution in [2.45, 2.75) is 13.8 Å². The number of nitrogens with one attached hydrogen (secondary N) is 3. The zero-order chi connectivity index (χ0) is 22.5. The van der Waals surface area contributed by atoms with Gasteiger partial charge in [0, 0.05) is 28.8 Å². The maximum Gasteiger partial charge on any atom is 0.323 e. The molecule has 32 heavy (non-hydrogen) atoms. The second kappa shape index (κ2) is 9.13. The van der Waals surface area contributed by atoms with Crippen LogP contribution in [0.4, 0.5) is 21.9 Å². The normalized spacial score (nSPS) is 10.4. The molecule has 0 aliphatic carbocycles. The van der Waals surface area contributed by atoms with Gasteiger partial charge in [-0.3, -0.25) is 9.78 Å². The Kier molecular flexibility index (Phi) is 5.94. The van der Waals surface area contributed by atoms with E-state index >= 15 is 0 Å². The van der Waals surface area contributed by atoms with E-state index in [2.05, 4.69) is 26.0 Å². The first-order valence-corrected chi connectivity index (χ1v) is 10.00. The summed E-state index contributed by atoms with van der Waals surface area (Å²) in [5.41, 5.74) is 4.96. The van der Waals surface area contributed by atoms with E-state index in [-0.39, 0.29) is 11.9 Å². The summed E-state index contributed by atoms with van der Waals surface area (Å²) in [4.78, 5) is 29.0. The molecule has 0 atom stereocenters. The number of pyridine rings is 1. The lowest BCUT2D eigenvalue weighted by Gasteiger charge is -2.08. The largest absolute Gasteiger partial charge is 0.323 e. The van der Waals surface area contributed by atoms with Crippen molar-refractivity contribution >= 4 is 29.0 Å². The fourth-order valence-corrected chi connectivity index (χ4v) is 3.16. The second-order valence-electron chi connectivity index (χ2n) is 7.31. The van der Waals surface area contributed by atoms with Crippen LogP contribution in [0.15, 0.2) is 79.3 Å². The van der Waals surface area contributed by atoms with Gasteiger partial charge in [0.2, 0.25) is 0 Å². The fraction of sp³-hybridized carbons (Fsp3) is 0.0833. The lowest BCUT2D eigenvalue weighted by Crippen LogP contribution is -2.19. The maximum atomic E-state index is 12.6. The molecule has 0 bridgehead atoms. The van der Waals surface area contributed by atoms with Gasteiger partial charge in [-0.25, -0.2) is 9.48 Å². The number of amides is 3. The molecule has 3 amide bonds. The highest BCUT2D eigenvalue weighted by molar-refractivity contribution is 6.04. The van der Waals surface area contributed by atoms with E-state index in [1.54, 1.807) is 53.6 Å². The minimum atomic E-state index is -0.365. The van der Waals surface area contributed by atoms with Crippen LogP contribution >= 0.6 is 0 Å². The molecule has 0 saturated carbocycles. The molecule has 0 radical (unpaired) electrons. The molecule has 2 aromatic carbocycles. The molecule has 2 aromatic heterocycles. The fourth-order valence-electron chi connectivity index (χ4n) is 3.16. The highest BCUT2D eigenvalue weighted by Gasteiger charge is 2.10. The quantitative estimate of drug-likeness (QED) is 0.427. The van der Waals surface area contributed by atoms with Gasteiger partial charge in [0.25, 0.3) is 5.91 Å². The zero-order valence-corrected chi connectivity index (χ0v) is 17.7. The molecular formula is C24H22N6O2. The van der Waals surface area contributed by atoms with Gasteiger partial charge in [0.15, 0.2) is 0 Å². The Bertz CT molecular complexity index is 1280. The first kappa shape index (κ1) is 20.8. The maximum absolute atomic E-state index is 12.6. The zero-order valence-electron chi connectivity index (χ0n) is 17.7. The average molecular weight is 426 g/mol. The van der Waals surface area contributed by atoms with E-state index in [9.17, 15) is 9.59 Å². The van der Waals surface area contributed by atoms with Gasteiger partial charge in [0.05, 0.1) is 23.8 Å². The van der Waals surface area contributed by atoms with E-state index in [1.807, 2.05) is 44.2 Å². The van der Waals surface area contributed by atoms with Crippen molar-refractivity contribution in [3.63, 3.8) is 0 Å². The van der Waals surface area contributed by atoms with Crippen LogP contribution in [-0.2, 0) is 0 Å². The lowest BCUT2D eigenvalue weighted by molar-refractivity contribution is 0.102. The number of rotatable bonds is 5. The van der Waals surface area contributed by atoms with Crippen molar-refractivity contribution < 1.29 is 9.59 Å². The highest BCUT2D eigenvalue weighted by Crippen LogP contribution is 2.16. The number of aromatic nitrogens is 3. The minimum absolute atomic E-state index is 0.236. The van der Waals surface area contributed by atoms with Gasteiger partial charge in [-0.05, 0) is 61.9 Å². The van der Waals surface area contributed by atoms with Crippen LogP contribution in [0.1, 0.15) is 21.6 Å². The second-order valence-corrected chi connectivity index (χ2v) is 7.31. The van der Waals surface area contributed by atoms with Crippen LogP contribution in [0, 0.1) is 13.8 Å². The van der Waals surface area contributed by atoms with Crippen molar-refractivity contribution in [2.75, 3.05) is 16.0 Å². The van der Waals surface area contributed by atoms with E-state index < -0.39 is 0 Å². The summed E-state index contributed by atoms with van der Waals surface area (Å²) in [6.45, 7) is 3.82. The summed E-state index contributed by atoms with van der Waals surface area (Å²) < 4.78 is 1.59. The van der Waals surface area contributed by atoms with Crippen LogP contribution in [0.5, 0.6) is 0 Å². The number of aryl methyl sites for hydroxylation is 2. The van der Waals surface area contributed by atoms with Crippen LogP contribution < -0.4 is 16.0 Å². The smallest absolute Gasteiger partial charge is 0.322 e. The Balaban J connectivity index is 1.43. The number of hydrogen-bond acceptors (Lipinski definition) is 4. The minimum Gasteiger partial charge on any atom is -0.322 e. The molecule has 0 aliphatic heterocycles. The SMILES string of the molecule is Cc1cccc(NC(=O)Nc2cnn(-c3cccc(C(=O)Nc4ccnc(C)c4)c3)c2)c1. The molecule has 4 rings (SSSR count). The van der Waals surface area contributed by atoms with Gasteiger partial charge in [-0.2, -0.15) is 5.10 Å². The monoisotopic (exact) mass is 426 g/mol. The van der Waals surface area contributed by atoms with E-state index in [0.717, 1.165) is 11.3 Å². The summed E-state index contributed by atoms with van der Waals surface area (Å²) >= 11 is 0. The molecule has 0 saturated heterocycles. The van der Waals surface area contributed by atoms with Gasteiger partial charge in [0.1, 0.15) is 0 Å². The molecule has 0 aliphatic rings. The Hall–Kier alpha value is -4.46. The molecule has 2 heterocycles.